The minimum Gasteiger partial charge on any atom is -0.327 e. The number of nitrogens with zero attached hydrogens (tertiary/aromatic N) is 3. The number of para-hydroxylation sites is 2. The Balaban J connectivity index is 1.85. The van der Waals surface area contributed by atoms with Crippen molar-refractivity contribution in [2.75, 3.05) is 0 Å². The highest BCUT2D eigenvalue weighted by Gasteiger charge is 2.10. The zero-order valence-corrected chi connectivity index (χ0v) is 12.8. The minimum atomic E-state index is 0.512. The fraction of sp³-hybridized carbons (Fsp3) is 0.263. The van der Waals surface area contributed by atoms with Gasteiger partial charge in [0.2, 0.25) is 0 Å². The third kappa shape index (κ3) is 3.01. The smallest absolute Gasteiger partial charge is 0.110 e. The van der Waals surface area contributed by atoms with E-state index in [4.69, 9.17) is 10.2 Å². The summed E-state index contributed by atoms with van der Waals surface area (Å²) in [4.78, 5) is 4.75. The van der Waals surface area contributed by atoms with Crippen LogP contribution in [0.4, 0.5) is 0 Å². The van der Waals surface area contributed by atoms with Gasteiger partial charge >= 0.3 is 0 Å². The summed E-state index contributed by atoms with van der Waals surface area (Å²) in [5.41, 5.74) is 4.74. The van der Waals surface area contributed by atoms with Gasteiger partial charge in [0.15, 0.2) is 0 Å². The Morgan fingerprint density at radius 1 is 1.05 bits per heavy atom. The summed E-state index contributed by atoms with van der Waals surface area (Å²) < 4.78 is 2.19. The monoisotopic (exact) mass is 289 g/mol. The van der Waals surface area contributed by atoms with Crippen LogP contribution < -0.4 is 0 Å². The second kappa shape index (κ2) is 6.44. The Kier molecular flexibility index (Phi) is 4.20. The fourth-order valence-electron chi connectivity index (χ4n) is 2.74. The average molecular weight is 289 g/mol. The van der Waals surface area contributed by atoms with Crippen molar-refractivity contribution >= 4 is 11.0 Å². The van der Waals surface area contributed by atoms with Crippen molar-refractivity contribution in [2.45, 2.75) is 32.7 Å². The quantitative estimate of drug-likeness (QED) is 0.711. The maximum absolute atomic E-state index is 8.88. The fourth-order valence-corrected chi connectivity index (χ4v) is 2.74. The van der Waals surface area contributed by atoms with E-state index < -0.39 is 0 Å². The van der Waals surface area contributed by atoms with Crippen LogP contribution >= 0.6 is 0 Å². The summed E-state index contributed by atoms with van der Waals surface area (Å²) in [5, 5.41) is 8.88. The third-order valence-corrected chi connectivity index (χ3v) is 3.94. The molecule has 110 valence electrons. The molecule has 0 radical (unpaired) electrons. The van der Waals surface area contributed by atoms with Crippen LogP contribution in [0.25, 0.3) is 11.0 Å². The van der Waals surface area contributed by atoms with E-state index in [0.29, 0.717) is 13.0 Å². The van der Waals surface area contributed by atoms with Crippen molar-refractivity contribution in [1.29, 1.82) is 5.26 Å². The van der Waals surface area contributed by atoms with Gasteiger partial charge in [-0.15, -0.1) is 0 Å². The molecule has 0 spiro atoms. The van der Waals surface area contributed by atoms with Crippen molar-refractivity contribution < 1.29 is 0 Å². The van der Waals surface area contributed by atoms with Crippen molar-refractivity contribution in [3.05, 3.63) is 65.5 Å². The first-order valence-corrected chi connectivity index (χ1v) is 7.64. The third-order valence-electron chi connectivity index (χ3n) is 3.94. The maximum atomic E-state index is 8.88. The predicted molar refractivity (Wildman–Crippen MR) is 88.6 cm³/mol. The second-order valence-electron chi connectivity index (χ2n) is 5.56. The van der Waals surface area contributed by atoms with Gasteiger partial charge in [-0.1, -0.05) is 42.0 Å². The molecular formula is C19H19N3. The first-order chi connectivity index (χ1) is 10.8. The molecule has 0 N–H and O–H groups in total. The predicted octanol–water partition coefficient (Wildman–Crippen LogP) is 4.04. The van der Waals surface area contributed by atoms with E-state index in [1.807, 2.05) is 18.2 Å². The number of aromatic nitrogens is 2. The standard InChI is InChI=1S/C19H19N3/c1-15-7-9-16(10-8-15)11-12-19-21-17-5-2-3-6-18(17)22(19)14-4-13-20/h2-3,5-10H,4,11-12,14H2,1H3. The molecule has 1 aromatic heterocycles. The van der Waals surface area contributed by atoms with Gasteiger partial charge in [0.1, 0.15) is 5.82 Å². The molecule has 1 heterocycles. The van der Waals surface area contributed by atoms with Crippen LogP contribution in [-0.2, 0) is 19.4 Å². The van der Waals surface area contributed by atoms with E-state index in [2.05, 4.69) is 47.9 Å². The maximum Gasteiger partial charge on any atom is 0.110 e. The summed E-state index contributed by atoms with van der Waals surface area (Å²) in [5.74, 6) is 1.07. The first-order valence-electron chi connectivity index (χ1n) is 7.64. The van der Waals surface area contributed by atoms with Crippen molar-refractivity contribution in [2.24, 2.45) is 0 Å². The Morgan fingerprint density at radius 3 is 2.59 bits per heavy atom. The lowest BCUT2D eigenvalue weighted by Gasteiger charge is -2.07. The summed E-state index contributed by atoms with van der Waals surface area (Å²) in [6.45, 7) is 2.81. The van der Waals surface area contributed by atoms with E-state index >= 15 is 0 Å². The summed E-state index contributed by atoms with van der Waals surface area (Å²) in [6.07, 6.45) is 2.37. The summed E-state index contributed by atoms with van der Waals surface area (Å²) in [6, 6.07) is 19.0. The van der Waals surface area contributed by atoms with E-state index in [-0.39, 0.29) is 0 Å². The Bertz CT molecular complexity index is 807. The van der Waals surface area contributed by atoms with Gasteiger partial charge in [-0.2, -0.15) is 5.26 Å². The molecule has 0 fully saturated rings. The lowest BCUT2D eigenvalue weighted by atomic mass is 10.1. The van der Waals surface area contributed by atoms with E-state index in [0.717, 1.165) is 29.7 Å². The molecule has 3 rings (SSSR count). The highest BCUT2D eigenvalue weighted by molar-refractivity contribution is 5.75. The lowest BCUT2D eigenvalue weighted by Crippen LogP contribution is -2.05. The molecule has 2 aromatic carbocycles. The number of benzene rings is 2. The largest absolute Gasteiger partial charge is 0.327 e. The van der Waals surface area contributed by atoms with Crippen molar-refractivity contribution in [3.63, 3.8) is 0 Å². The molecule has 0 unspecified atom stereocenters. The molecule has 0 aliphatic rings. The van der Waals surface area contributed by atoms with Crippen LogP contribution in [0.1, 0.15) is 23.4 Å². The van der Waals surface area contributed by atoms with E-state index in [9.17, 15) is 0 Å². The molecule has 3 aromatic rings. The van der Waals surface area contributed by atoms with Gasteiger partial charge in [-0.25, -0.2) is 4.98 Å². The lowest BCUT2D eigenvalue weighted by molar-refractivity contribution is 0.676. The Morgan fingerprint density at radius 2 is 1.82 bits per heavy atom. The Hall–Kier alpha value is -2.60. The van der Waals surface area contributed by atoms with Gasteiger partial charge < -0.3 is 4.57 Å². The van der Waals surface area contributed by atoms with E-state index in [1.54, 1.807) is 0 Å². The average Bonchev–Trinajstić information content (AvgIpc) is 2.90. The highest BCUT2D eigenvalue weighted by atomic mass is 15.1. The Labute approximate surface area is 130 Å². The second-order valence-corrected chi connectivity index (χ2v) is 5.56. The molecule has 3 nitrogen and oxygen atoms in total. The number of hydrogen-bond acceptors (Lipinski definition) is 2. The first kappa shape index (κ1) is 14.3. The summed E-state index contributed by atoms with van der Waals surface area (Å²) >= 11 is 0. The molecule has 22 heavy (non-hydrogen) atoms. The van der Waals surface area contributed by atoms with Gasteiger partial charge in [-0.3, -0.25) is 0 Å². The number of imidazole rings is 1. The number of rotatable bonds is 5. The molecule has 0 atom stereocenters. The number of aryl methyl sites for hydroxylation is 4. The van der Waals surface area contributed by atoms with Gasteiger partial charge in [-0.05, 0) is 31.0 Å². The number of fused-ring (bicyclic) bond motifs is 1. The number of hydrogen-bond donors (Lipinski definition) is 0. The van der Waals surface area contributed by atoms with Crippen molar-refractivity contribution in [3.8, 4) is 6.07 Å². The van der Waals surface area contributed by atoms with E-state index in [1.165, 1.54) is 11.1 Å². The zero-order chi connectivity index (χ0) is 15.4. The normalized spacial score (nSPS) is 10.7. The molecule has 0 saturated carbocycles. The molecule has 0 bridgehead atoms. The highest BCUT2D eigenvalue weighted by Crippen LogP contribution is 2.18. The van der Waals surface area contributed by atoms with Crippen LogP contribution in [0.2, 0.25) is 0 Å². The number of nitriles is 1. The molecular weight excluding hydrogens is 270 g/mol. The minimum absolute atomic E-state index is 0.512. The molecule has 0 aliphatic heterocycles. The topological polar surface area (TPSA) is 41.6 Å². The molecule has 0 aliphatic carbocycles. The van der Waals surface area contributed by atoms with Crippen LogP contribution in [0.5, 0.6) is 0 Å². The molecule has 3 heteroatoms. The van der Waals surface area contributed by atoms with Crippen LogP contribution in [0.3, 0.4) is 0 Å². The van der Waals surface area contributed by atoms with Crippen LogP contribution in [0.15, 0.2) is 48.5 Å². The molecule has 0 saturated heterocycles. The van der Waals surface area contributed by atoms with Crippen molar-refractivity contribution in [1.82, 2.24) is 9.55 Å². The van der Waals surface area contributed by atoms with Crippen LogP contribution in [0, 0.1) is 18.3 Å². The molecule has 0 amide bonds. The van der Waals surface area contributed by atoms with Gasteiger partial charge in [0.25, 0.3) is 0 Å². The SMILES string of the molecule is Cc1ccc(CCc2nc3ccccc3n2CCC#N)cc1. The van der Waals surface area contributed by atoms with Gasteiger partial charge in [0, 0.05) is 13.0 Å². The summed E-state index contributed by atoms with van der Waals surface area (Å²) in [7, 11) is 0. The van der Waals surface area contributed by atoms with Gasteiger partial charge in [0.05, 0.1) is 23.5 Å². The van der Waals surface area contributed by atoms with Crippen LogP contribution in [-0.4, -0.2) is 9.55 Å². The zero-order valence-electron chi connectivity index (χ0n) is 12.8.